The highest BCUT2D eigenvalue weighted by Gasteiger charge is 2.19. The first-order valence-corrected chi connectivity index (χ1v) is 6.58. The van der Waals surface area contributed by atoms with Crippen molar-refractivity contribution in [3.05, 3.63) is 28.7 Å². The summed E-state index contributed by atoms with van der Waals surface area (Å²) in [4.78, 5) is 23.7. The molecule has 1 rings (SSSR count). The Morgan fingerprint density at radius 2 is 2.16 bits per heavy atom. The van der Waals surface area contributed by atoms with Gasteiger partial charge >= 0.3 is 5.97 Å². The van der Waals surface area contributed by atoms with Crippen LogP contribution < -0.4 is 4.74 Å². The summed E-state index contributed by atoms with van der Waals surface area (Å²) in [5.74, 6) is -0.594. The molecule has 6 heteroatoms. The summed E-state index contributed by atoms with van der Waals surface area (Å²) in [5, 5.41) is 8.57. The standard InChI is InChI=1S/C13H16BrNO4/c1-9(13(18)15(2)7-6-12(16)17)19-11-5-3-4-10(14)8-11/h3-5,8-9H,6-7H2,1-2H3,(H,16,17). The van der Waals surface area contributed by atoms with Crippen molar-refractivity contribution in [3.8, 4) is 5.75 Å². The molecule has 1 amide bonds. The van der Waals surface area contributed by atoms with E-state index in [2.05, 4.69) is 15.9 Å². The minimum absolute atomic E-state index is 0.0775. The molecule has 0 aliphatic heterocycles. The molecule has 0 bridgehead atoms. The van der Waals surface area contributed by atoms with E-state index in [1.807, 2.05) is 12.1 Å². The Morgan fingerprint density at radius 3 is 2.74 bits per heavy atom. The van der Waals surface area contributed by atoms with Gasteiger partial charge in [-0.3, -0.25) is 9.59 Å². The molecular formula is C13H16BrNO4. The van der Waals surface area contributed by atoms with Gasteiger partial charge in [0.15, 0.2) is 6.10 Å². The van der Waals surface area contributed by atoms with Crippen molar-refractivity contribution in [2.45, 2.75) is 19.4 Å². The number of amides is 1. The quantitative estimate of drug-likeness (QED) is 0.868. The van der Waals surface area contributed by atoms with Crippen LogP contribution in [0.2, 0.25) is 0 Å². The van der Waals surface area contributed by atoms with Crippen LogP contribution in [-0.2, 0) is 9.59 Å². The summed E-state index contributed by atoms with van der Waals surface area (Å²) in [5.41, 5.74) is 0. The summed E-state index contributed by atoms with van der Waals surface area (Å²) >= 11 is 3.32. The number of likely N-dealkylation sites (N-methyl/N-ethyl adjacent to an activating group) is 1. The van der Waals surface area contributed by atoms with Crippen LogP contribution in [0.3, 0.4) is 0 Å². The highest BCUT2D eigenvalue weighted by molar-refractivity contribution is 9.10. The normalized spacial score (nSPS) is 11.7. The number of aliphatic carboxylic acids is 1. The summed E-state index contributed by atoms with van der Waals surface area (Å²) < 4.78 is 6.38. The zero-order valence-electron chi connectivity index (χ0n) is 10.8. The molecule has 0 saturated carbocycles. The van der Waals surface area contributed by atoms with Crippen LogP contribution in [-0.4, -0.2) is 41.6 Å². The molecule has 1 unspecified atom stereocenters. The van der Waals surface area contributed by atoms with E-state index in [4.69, 9.17) is 9.84 Å². The highest BCUT2D eigenvalue weighted by atomic mass is 79.9. The van der Waals surface area contributed by atoms with Crippen molar-refractivity contribution in [1.82, 2.24) is 4.90 Å². The molecule has 0 fully saturated rings. The molecule has 1 atom stereocenters. The second-order valence-corrected chi connectivity index (χ2v) is 5.04. The maximum absolute atomic E-state index is 11.9. The molecule has 0 radical (unpaired) electrons. The van der Waals surface area contributed by atoms with E-state index >= 15 is 0 Å². The molecule has 1 aromatic carbocycles. The number of hydrogen-bond acceptors (Lipinski definition) is 3. The van der Waals surface area contributed by atoms with Gasteiger partial charge in [0.05, 0.1) is 6.42 Å². The Kier molecular flexibility index (Phi) is 5.82. The molecule has 0 heterocycles. The fourth-order valence-corrected chi connectivity index (χ4v) is 1.86. The molecular weight excluding hydrogens is 314 g/mol. The molecule has 0 aliphatic carbocycles. The minimum Gasteiger partial charge on any atom is -0.481 e. The van der Waals surface area contributed by atoms with Crippen LogP contribution in [0, 0.1) is 0 Å². The molecule has 1 aromatic rings. The van der Waals surface area contributed by atoms with E-state index in [0.29, 0.717) is 5.75 Å². The molecule has 0 saturated heterocycles. The topological polar surface area (TPSA) is 66.8 Å². The zero-order chi connectivity index (χ0) is 14.4. The van der Waals surface area contributed by atoms with Crippen LogP contribution in [0.1, 0.15) is 13.3 Å². The number of hydrogen-bond donors (Lipinski definition) is 1. The average Bonchev–Trinajstić information content (AvgIpc) is 2.34. The Bertz CT molecular complexity index is 464. The van der Waals surface area contributed by atoms with Gasteiger partial charge in [0.1, 0.15) is 5.75 Å². The van der Waals surface area contributed by atoms with Gasteiger partial charge in [0.25, 0.3) is 5.91 Å². The number of carbonyl (C=O) groups excluding carboxylic acids is 1. The summed E-state index contributed by atoms with van der Waals surface area (Å²) in [6.07, 6.45) is -0.737. The van der Waals surface area contributed by atoms with Crippen LogP contribution in [0.5, 0.6) is 5.75 Å². The smallest absolute Gasteiger partial charge is 0.305 e. The molecule has 104 valence electrons. The van der Waals surface area contributed by atoms with Crippen LogP contribution in [0.15, 0.2) is 28.7 Å². The van der Waals surface area contributed by atoms with E-state index in [9.17, 15) is 9.59 Å². The lowest BCUT2D eigenvalue weighted by molar-refractivity contribution is -0.140. The highest BCUT2D eigenvalue weighted by Crippen LogP contribution is 2.19. The number of carboxylic acids is 1. The first-order chi connectivity index (χ1) is 8.90. The number of nitrogens with zero attached hydrogens (tertiary/aromatic N) is 1. The Labute approximate surface area is 120 Å². The number of halogens is 1. The first-order valence-electron chi connectivity index (χ1n) is 5.79. The van der Waals surface area contributed by atoms with Gasteiger partial charge in [-0.1, -0.05) is 22.0 Å². The fraction of sp³-hybridized carbons (Fsp3) is 0.385. The largest absolute Gasteiger partial charge is 0.481 e. The lowest BCUT2D eigenvalue weighted by Gasteiger charge is -2.21. The van der Waals surface area contributed by atoms with Crippen LogP contribution in [0.4, 0.5) is 0 Å². The van der Waals surface area contributed by atoms with Gasteiger partial charge in [-0.25, -0.2) is 0 Å². The molecule has 0 aliphatic rings. The van der Waals surface area contributed by atoms with Gasteiger partial charge in [-0.15, -0.1) is 0 Å². The number of benzene rings is 1. The zero-order valence-corrected chi connectivity index (χ0v) is 12.4. The Hall–Kier alpha value is -1.56. The Morgan fingerprint density at radius 1 is 1.47 bits per heavy atom. The summed E-state index contributed by atoms with van der Waals surface area (Å²) in [6.45, 7) is 1.81. The van der Waals surface area contributed by atoms with E-state index in [-0.39, 0.29) is 18.9 Å². The number of carbonyl (C=O) groups is 2. The monoisotopic (exact) mass is 329 g/mol. The lowest BCUT2D eigenvalue weighted by atomic mass is 10.3. The molecule has 0 aromatic heterocycles. The fourth-order valence-electron chi connectivity index (χ4n) is 1.48. The van der Waals surface area contributed by atoms with Gasteiger partial charge in [-0.05, 0) is 25.1 Å². The van der Waals surface area contributed by atoms with Gasteiger partial charge in [-0.2, -0.15) is 0 Å². The van der Waals surface area contributed by atoms with E-state index in [1.165, 1.54) is 4.90 Å². The second kappa shape index (κ2) is 7.13. The predicted molar refractivity (Wildman–Crippen MR) is 74.1 cm³/mol. The van der Waals surface area contributed by atoms with Crippen molar-refractivity contribution >= 4 is 27.8 Å². The van der Waals surface area contributed by atoms with Crippen molar-refractivity contribution in [2.75, 3.05) is 13.6 Å². The third-order valence-corrected chi connectivity index (χ3v) is 2.99. The third-order valence-electron chi connectivity index (χ3n) is 2.49. The van der Waals surface area contributed by atoms with Crippen molar-refractivity contribution < 1.29 is 19.4 Å². The van der Waals surface area contributed by atoms with Gasteiger partial charge in [0, 0.05) is 18.1 Å². The summed E-state index contributed by atoms with van der Waals surface area (Å²) in [7, 11) is 1.56. The summed E-state index contributed by atoms with van der Waals surface area (Å²) in [6, 6.07) is 7.19. The SMILES string of the molecule is CC(Oc1cccc(Br)c1)C(=O)N(C)CCC(=O)O. The predicted octanol–water partition coefficient (Wildman–Crippen LogP) is 2.15. The maximum atomic E-state index is 11.9. The maximum Gasteiger partial charge on any atom is 0.305 e. The third kappa shape index (κ3) is 5.30. The lowest BCUT2D eigenvalue weighted by Crippen LogP contribution is -2.38. The Balaban J connectivity index is 2.54. The van der Waals surface area contributed by atoms with E-state index < -0.39 is 12.1 Å². The average molecular weight is 330 g/mol. The van der Waals surface area contributed by atoms with Gasteiger partial charge < -0.3 is 14.7 Å². The van der Waals surface area contributed by atoms with Crippen molar-refractivity contribution in [3.63, 3.8) is 0 Å². The molecule has 5 nitrogen and oxygen atoms in total. The number of ether oxygens (including phenoxy) is 1. The second-order valence-electron chi connectivity index (χ2n) is 4.12. The minimum atomic E-state index is -0.930. The number of rotatable bonds is 6. The van der Waals surface area contributed by atoms with Crippen molar-refractivity contribution in [1.29, 1.82) is 0 Å². The number of carboxylic acid groups (broad SMARTS) is 1. The van der Waals surface area contributed by atoms with Crippen LogP contribution in [0.25, 0.3) is 0 Å². The molecule has 1 N–H and O–H groups in total. The van der Waals surface area contributed by atoms with E-state index in [0.717, 1.165) is 4.47 Å². The molecule has 19 heavy (non-hydrogen) atoms. The van der Waals surface area contributed by atoms with Crippen molar-refractivity contribution in [2.24, 2.45) is 0 Å². The first kappa shape index (κ1) is 15.5. The van der Waals surface area contributed by atoms with Gasteiger partial charge in [0.2, 0.25) is 0 Å². The molecule has 0 spiro atoms. The van der Waals surface area contributed by atoms with E-state index in [1.54, 1.807) is 26.1 Å². The van der Waals surface area contributed by atoms with Crippen LogP contribution >= 0.6 is 15.9 Å².